The predicted molar refractivity (Wildman–Crippen MR) is 71.9 cm³/mol. The van der Waals surface area contributed by atoms with Crippen LogP contribution in [0.15, 0.2) is 10.7 Å². The molecule has 1 rings (SSSR count). The van der Waals surface area contributed by atoms with Gasteiger partial charge in [-0.05, 0) is 29.3 Å². The van der Waals surface area contributed by atoms with Crippen LogP contribution in [0.3, 0.4) is 0 Å². The molecular weight excluding hydrogens is 266 g/mol. The second-order valence-corrected chi connectivity index (χ2v) is 4.88. The van der Waals surface area contributed by atoms with Gasteiger partial charge in [0.2, 0.25) is 0 Å². The molecule has 1 unspecified atom stereocenters. The van der Waals surface area contributed by atoms with Gasteiger partial charge in [-0.15, -0.1) is 0 Å². The molecule has 0 saturated heterocycles. The molecule has 3 nitrogen and oxygen atoms in total. The first-order chi connectivity index (χ1) is 7.58. The van der Waals surface area contributed by atoms with Crippen molar-refractivity contribution in [3.8, 4) is 0 Å². The zero-order valence-corrected chi connectivity index (χ0v) is 12.1. The molecule has 0 amide bonds. The van der Waals surface area contributed by atoms with Gasteiger partial charge in [-0.3, -0.25) is 0 Å². The van der Waals surface area contributed by atoms with E-state index < -0.39 is 0 Å². The maximum atomic E-state index is 4.54. The number of rotatable bonds is 5. The third-order valence-corrected chi connectivity index (χ3v) is 3.18. The van der Waals surface area contributed by atoms with Gasteiger partial charge in [-0.1, -0.05) is 20.3 Å². The SMILES string of the molecule is CCCC(C)N(C)c1cc(Br)nc(CC)n1. The quantitative estimate of drug-likeness (QED) is 0.777. The van der Waals surface area contributed by atoms with Crippen molar-refractivity contribution in [1.29, 1.82) is 0 Å². The van der Waals surface area contributed by atoms with Crippen molar-refractivity contribution < 1.29 is 0 Å². The van der Waals surface area contributed by atoms with E-state index in [1.807, 2.05) is 6.07 Å². The van der Waals surface area contributed by atoms with Gasteiger partial charge in [0.05, 0.1) is 0 Å². The molecule has 0 aliphatic rings. The summed E-state index contributed by atoms with van der Waals surface area (Å²) in [5.41, 5.74) is 0. The fourth-order valence-corrected chi connectivity index (χ4v) is 2.04. The molecule has 1 atom stereocenters. The van der Waals surface area contributed by atoms with Gasteiger partial charge in [0, 0.05) is 25.6 Å². The van der Waals surface area contributed by atoms with Crippen LogP contribution in [0.4, 0.5) is 5.82 Å². The van der Waals surface area contributed by atoms with Crippen molar-refractivity contribution in [1.82, 2.24) is 9.97 Å². The Hall–Kier alpha value is -0.640. The highest BCUT2D eigenvalue weighted by molar-refractivity contribution is 9.10. The number of halogens is 1. The van der Waals surface area contributed by atoms with Gasteiger partial charge >= 0.3 is 0 Å². The Balaban J connectivity index is 2.89. The third kappa shape index (κ3) is 3.44. The lowest BCUT2D eigenvalue weighted by atomic mass is 10.2. The highest BCUT2D eigenvalue weighted by Crippen LogP contribution is 2.19. The van der Waals surface area contributed by atoms with Gasteiger partial charge in [-0.25, -0.2) is 9.97 Å². The fraction of sp³-hybridized carbons (Fsp3) is 0.667. The maximum absolute atomic E-state index is 4.54. The van der Waals surface area contributed by atoms with Crippen molar-refractivity contribution in [2.45, 2.75) is 46.1 Å². The standard InChI is InChI=1S/C12H20BrN3/c1-5-7-9(3)16(4)12-8-10(13)14-11(6-2)15-12/h8-9H,5-7H2,1-4H3. The Bertz CT molecular complexity index is 341. The molecule has 0 N–H and O–H groups in total. The van der Waals surface area contributed by atoms with E-state index in [0.29, 0.717) is 6.04 Å². The molecule has 0 spiro atoms. The minimum Gasteiger partial charge on any atom is -0.357 e. The second-order valence-electron chi connectivity index (χ2n) is 4.07. The summed E-state index contributed by atoms with van der Waals surface area (Å²) in [6, 6.07) is 2.49. The molecule has 4 heteroatoms. The van der Waals surface area contributed by atoms with Gasteiger partial charge in [0.1, 0.15) is 16.2 Å². The Morgan fingerprint density at radius 2 is 2.06 bits per heavy atom. The van der Waals surface area contributed by atoms with Crippen LogP contribution in [0, 0.1) is 0 Å². The summed E-state index contributed by atoms with van der Waals surface area (Å²) in [7, 11) is 2.09. The molecule has 0 aliphatic carbocycles. The molecule has 0 aliphatic heterocycles. The molecule has 1 heterocycles. The van der Waals surface area contributed by atoms with Crippen LogP contribution in [0.5, 0.6) is 0 Å². The first-order valence-electron chi connectivity index (χ1n) is 5.84. The lowest BCUT2D eigenvalue weighted by Gasteiger charge is -2.26. The molecule has 16 heavy (non-hydrogen) atoms. The van der Waals surface area contributed by atoms with Crippen molar-refractivity contribution in [3.05, 3.63) is 16.5 Å². The minimum atomic E-state index is 0.511. The molecule has 0 saturated carbocycles. The van der Waals surface area contributed by atoms with Crippen LogP contribution in [0.1, 0.15) is 39.4 Å². The van der Waals surface area contributed by atoms with Crippen molar-refractivity contribution in [2.75, 3.05) is 11.9 Å². The van der Waals surface area contributed by atoms with E-state index in [0.717, 1.165) is 22.7 Å². The summed E-state index contributed by atoms with van der Waals surface area (Å²) in [6.07, 6.45) is 3.24. The molecule has 1 aromatic heterocycles. The minimum absolute atomic E-state index is 0.511. The first kappa shape index (κ1) is 13.4. The lowest BCUT2D eigenvalue weighted by Crippen LogP contribution is -2.29. The monoisotopic (exact) mass is 285 g/mol. The second kappa shape index (κ2) is 6.18. The summed E-state index contributed by atoms with van der Waals surface area (Å²) in [6.45, 7) is 6.50. The Morgan fingerprint density at radius 1 is 1.38 bits per heavy atom. The number of anilines is 1. The Labute approximate surface area is 106 Å². The third-order valence-electron chi connectivity index (χ3n) is 2.77. The Morgan fingerprint density at radius 3 is 2.62 bits per heavy atom. The van der Waals surface area contributed by atoms with Crippen LogP contribution in [0.25, 0.3) is 0 Å². The average Bonchev–Trinajstić information content (AvgIpc) is 2.27. The summed E-state index contributed by atoms with van der Waals surface area (Å²) >= 11 is 3.43. The molecule has 0 fully saturated rings. The van der Waals surface area contributed by atoms with Crippen LogP contribution in [-0.2, 0) is 6.42 Å². The largest absolute Gasteiger partial charge is 0.357 e. The van der Waals surface area contributed by atoms with Crippen LogP contribution < -0.4 is 4.90 Å². The van der Waals surface area contributed by atoms with Crippen LogP contribution >= 0.6 is 15.9 Å². The predicted octanol–water partition coefficient (Wildman–Crippen LogP) is 3.43. The lowest BCUT2D eigenvalue weighted by molar-refractivity contribution is 0.609. The van der Waals surface area contributed by atoms with Crippen molar-refractivity contribution in [3.63, 3.8) is 0 Å². The van der Waals surface area contributed by atoms with Crippen LogP contribution in [-0.4, -0.2) is 23.1 Å². The van der Waals surface area contributed by atoms with Gasteiger partial charge in [-0.2, -0.15) is 0 Å². The molecular formula is C12H20BrN3. The normalized spacial score (nSPS) is 12.6. The number of hydrogen-bond donors (Lipinski definition) is 0. The zero-order chi connectivity index (χ0) is 12.1. The van der Waals surface area contributed by atoms with Gasteiger partial charge in [0.15, 0.2) is 0 Å². The van der Waals surface area contributed by atoms with E-state index in [-0.39, 0.29) is 0 Å². The van der Waals surface area contributed by atoms with Crippen LogP contribution in [0.2, 0.25) is 0 Å². The molecule has 0 bridgehead atoms. The number of nitrogens with zero attached hydrogens (tertiary/aromatic N) is 3. The summed E-state index contributed by atoms with van der Waals surface area (Å²) in [4.78, 5) is 11.1. The zero-order valence-electron chi connectivity index (χ0n) is 10.5. The fourth-order valence-electron chi connectivity index (χ4n) is 1.63. The molecule has 0 radical (unpaired) electrons. The summed E-state index contributed by atoms with van der Waals surface area (Å²) in [5, 5.41) is 0. The Kier molecular flexibility index (Phi) is 5.19. The van der Waals surface area contributed by atoms with E-state index in [1.54, 1.807) is 0 Å². The number of hydrogen-bond acceptors (Lipinski definition) is 3. The van der Waals surface area contributed by atoms with Gasteiger partial charge < -0.3 is 4.90 Å². The average molecular weight is 286 g/mol. The molecule has 0 aromatic carbocycles. The van der Waals surface area contributed by atoms with E-state index in [2.05, 4.69) is 58.6 Å². The first-order valence-corrected chi connectivity index (χ1v) is 6.64. The van der Waals surface area contributed by atoms with Crippen molar-refractivity contribution >= 4 is 21.7 Å². The molecule has 90 valence electrons. The topological polar surface area (TPSA) is 29.0 Å². The summed E-state index contributed by atoms with van der Waals surface area (Å²) < 4.78 is 0.866. The highest BCUT2D eigenvalue weighted by Gasteiger charge is 2.12. The van der Waals surface area contributed by atoms with Crippen molar-refractivity contribution in [2.24, 2.45) is 0 Å². The number of aromatic nitrogens is 2. The number of aryl methyl sites for hydroxylation is 1. The molecule has 1 aromatic rings. The smallest absolute Gasteiger partial charge is 0.133 e. The van der Waals surface area contributed by atoms with E-state index >= 15 is 0 Å². The van der Waals surface area contributed by atoms with Gasteiger partial charge in [0.25, 0.3) is 0 Å². The maximum Gasteiger partial charge on any atom is 0.133 e. The van der Waals surface area contributed by atoms with E-state index in [9.17, 15) is 0 Å². The highest BCUT2D eigenvalue weighted by atomic mass is 79.9. The van der Waals surface area contributed by atoms with E-state index in [1.165, 1.54) is 12.8 Å². The van der Waals surface area contributed by atoms with E-state index in [4.69, 9.17) is 0 Å². The summed E-state index contributed by atoms with van der Waals surface area (Å²) in [5.74, 6) is 1.89.